The largest absolute Gasteiger partial charge is 0.508 e. The van der Waals surface area contributed by atoms with Crippen LogP contribution < -0.4 is 5.73 Å². The third-order valence-corrected chi connectivity index (χ3v) is 3.08. The van der Waals surface area contributed by atoms with Crippen molar-refractivity contribution in [2.24, 2.45) is 5.73 Å². The molecule has 1 aromatic heterocycles. The minimum Gasteiger partial charge on any atom is -0.508 e. The Bertz CT molecular complexity index is 533. The van der Waals surface area contributed by atoms with Crippen LogP contribution in [0, 0.1) is 0 Å². The predicted octanol–water partition coefficient (Wildman–Crippen LogP) is 1.73. The Hall–Kier alpha value is -1.81. The molecule has 0 bridgehead atoms. The van der Waals surface area contributed by atoms with E-state index in [9.17, 15) is 5.11 Å². The zero-order valence-corrected chi connectivity index (χ0v) is 8.77. The standard InChI is InChI=1S/C12H13N3O/c13-9-4-5-10-11(9)12(15-14-10)7-2-1-3-8(16)6-7/h1-3,6,9,16H,4-5,13H2,(H,14,15). The van der Waals surface area contributed by atoms with E-state index in [1.54, 1.807) is 12.1 Å². The molecule has 0 fully saturated rings. The van der Waals surface area contributed by atoms with Crippen LogP contribution in [0.4, 0.5) is 0 Å². The molecule has 0 spiro atoms. The number of aromatic nitrogens is 2. The van der Waals surface area contributed by atoms with E-state index in [1.165, 1.54) is 0 Å². The lowest BCUT2D eigenvalue weighted by Crippen LogP contribution is -2.06. The molecule has 1 aliphatic rings. The summed E-state index contributed by atoms with van der Waals surface area (Å²) in [6.07, 6.45) is 1.93. The van der Waals surface area contributed by atoms with Gasteiger partial charge in [-0.2, -0.15) is 5.10 Å². The first-order valence-electron chi connectivity index (χ1n) is 5.38. The van der Waals surface area contributed by atoms with Crippen LogP contribution in [-0.2, 0) is 6.42 Å². The number of aryl methyl sites for hydroxylation is 1. The van der Waals surface area contributed by atoms with Gasteiger partial charge in [-0.3, -0.25) is 5.10 Å². The van der Waals surface area contributed by atoms with Crippen LogP contribution in [0.15, 0.2) is 24.3 Å². The second-order valence-corrected chi connectivity index (χ2v) is 4.16. The van der Waals surface area contributed by atoms with Crippen molar-refractivity contribution in [3.05, 3.63) is 35.5 Å². The van der Waals surface area contributed by atoms with Crippen molar-refractivity contribution in [3.63, 3.8) is 0 Å². The van der Waals surface area contributed by atoms with Gasteiger partial charge in [0.05, 0.1) is 5.69 Å². The Morgan fingerprint density at radius 3 is 3.12 bits per heavy atom. The molecule has 1 heterocycles. The second-order valence-electron chi connectivity index (χ2n) is 4.16. The number of aromatic hydroxyl groups is 1. The molecule has 4 N–H and O–H groups in total. The Balaban J connectivity index is 2.14. The monoisotopic (exact) mass is 215 g/mol. The van der Waals surface area contributed by atoms with Crippen LogP contribution in [0.25, 0.3) is 11.3 Å². The zero-order chi connectivity index (χ0) is 11.1. The summed E-state index contributed by atoms with van der Waals surface area (Å²) in [6, 6.07) is 7.16. The van der Waals surface area contributed by atoms with E-state index < -0.39 is 0 Å². The Kier molecular flexibility index (Phi) is 1.97. The average Bonchev–Trinajstić information content (AvgIpc) is 2.82. The minimum atomic E-state index is 0.0612. The number of H-pyrrole nitrogens is 1. The molecule has 1 aromatic carbocycles. The normalized spacial score (nSPS) is 18.7. The summed E-state index contributed by atoms with van der Waals surface area (Å²) in [4.78, 5) is 0. The summed E-state index contributed by atoms with van der Waals surface area (Å²) in [5, 5.41) is 16.8. The van der Waals surface area contributed by atoms with E-state index in [4.69, 9.17) is 5.73 Å². The van der Waals surface area contributed by atoms with Crippen molar-refractivity contribution in [3.8, 4) is 17.0 Å². The van der Waals surface area contributed by atoms with Crippen LogP contribution in [0.5, 0.6) is 5.75 Å². The summed E-state index contributed by atoms with van der Waals surface area (Å²) < 4.78 is 0. The van der Waals surface area contributed by atoms with Gasteiger partial charge in [-0.05, 0) is 25.0 Å². The maximum absolute atomic E-state index is 9.46. The quantitative estimate of drug-likeness (QED) is 0.678. The maximum atomic E-state index is 9.46. The number of rotatable bonds is 1. The summed E-state index contributed by atoms with van der Waals surface area (Å²) in [5.41, 5.74) is 10.1. The topological polar surface area (TPSA) is 74.9 Å². The molecule has 0 radical (unpaired) electrons. The van der Waals surface area contributed by atoms with E-state index in [2.05, 4.69) is 10.2 Å². The van der Waals surface area contributed by atoms with Crippen molar-refractivity contribution in [2.45, 2.75) is 18.9 Å². The number of benzene rings is 1. The lowest BCUT2D eigenvalue weighted by atomic mass is 10.0. The molecule has 0 amide bonds. The SMILES string of the molecule is NC1CCc2[nH]nc(-c3cccc(O)c3)c21. The van der Waals surface area contributed by atoms with Crippen molar-refractivity contribution >= 4 is 0 Å². The number of aromatic amines is 1. The fourth-order valence-corrected chi connectivity index (χ4v) is 2.29. The number of hydrogen-bond acceptors (Lipinski definition) is 3. The van der Waals surface area contributed by atoms with Gasteiger partial charge in [-0.1, -0.05) is 12.1 Å². The van der Waals surface area contributed by atoms with Crippen molar-refractivity contribution in [1.82, 2.24) is 10.2 Å². The molecule has 3 rings (SSSR count). The summed E-state index contributed by atoms with van der Waals surface area (Å²) >= 11 is 0. The van der Waals surface area contributed by atoms with E-state index in [1.807, 2.05) is 12.1 Å². The lowest BCUT2D eigenvalue weighted by molar-refractivity contribution is 0.475. The average molecular weight is 215 g/mol. The number of nitrogens with zero attached hydrogens (tertiary/aromatic N) is 1. The van der Waals surface area contributed by atoms with Crippen LogP contribution in [0.3, 0.4) is 0 Å². The van der Waals surface area contributed by atoms with E-state index >= 15 is 0 Å². The molecular formula is C12H13N3O. The summed E-state index contributed by atoms with van der Waals surface area (Å²) in [5.74, 6) is 0.251. The number of phenols is 1. The highest BCUT2D eigenvalue weighted by molar-refractivity contribution is 5.66. The molecule has 2 aromatic rings. The van der Waals surface area contributed by atoms with Gasteiger partial charge in [0.25, 0.3) is 0 Å². The van der Waals surface area contributed by atoms with E-state index in [0.717, 1.165) is 35.4 Å². The zero-order valence-electron chi connectivity index (χ0n) is 8.77. The fourth-order valence-electron chi connectivity index (χ4n) is 2.29. The highest BCUT2D eigenvalue weighted by atomic mass is 16.3. The fraction of sp³-hybridized carbons (Fsp3) is 0.250. The second kappa shape index (κ2) is 3.35. The molecule has 0 saturated carbocycles. The molecule has 1 atom stereocenters. The van der Waals surface area contributed by atoms with Gasteiger partial charge >= 0.3 is 0 Å². The first-order chi connectivity index (χ1) is 7.75. The molecule has 82 valence electrons. The van der Waals surface area contributed by atoms with Crippen molar-refractivity contribution < 1.29 is 5.11 Å². The van der Waals surface area contributed by atoms with Gasteiger partial charge in [0.1, 0.15) is 5.75 Å². The van der Waals surface area contributed by atoms with Gasteiger partial charge in [0.2, 0.25) is 0 Å². The Morgan fingerprint density at radius 2 is 2.31 bits per heavy atom. The Morgan fingerprint density at radius 1 is 1.44 bits per heavy atom. The number of nitrogens with two attached hydrogens (primary N) is 1. The van der Waals surface area contributed by atoms with Crippen LogP contribution in [-0.4, -0.2) is 15.3 Å². The maximum Gasteiger partial charge on any atom is 0.116 e. The lowest BCUT2D eigenvalue weighted by Gasteiger charge is -2.05. The minimum absolute atomic E-state index is 0.0612. The van der Waals surface area contributed by atoms with Gasteiger partial charge in [0, 0.05) is 22.9 Å². The van der Waals surface area contributed by atoms with Gasteiger partial charge in [0.15, 0.2) is 0 Å². The predicted molar refractivity (Wildman–Crippen MR) is 60.9 cm³/mol. The number of hydrogen-bond donors (Lipinski definition) is 3. The van der Waals surface area contributed by atoms with Gasteiger partial charge in [-0.25, -0.2) is 0 Å². The Labute approximate surface area is 93.1 Å². The van der Waals surface area contributed by atoms with Crippen molar-refractivity contribution in [1.29, 1.82) is 0 Å². The molecule has 1 unspecified atom stereocenters. The molecule has 0 aliphatic heterocycles. The smallest absolute Gasteiger partial charge is 0.116 e. The summed E-state index contributed by atoms with van der Waals surface area (Å²) in [7, 11) is 0. The first-order valence-corrected chi connectivity index (χ1v) is 5.38. The highest BCUT2D eigenvalue weighted by Crippen LogP contribution is 2.36. The van der Waals surface area contributed by atoms with E-state index in [0.29, 0.717) is 0 Å². The van der Waals surface area contributed by atoms with Gasteiger partial charge in [-0.15, -0.1) is 0 Å². The van der Waals surface area contributed by atoms with Crippen molar-refractivity contribution in [2.75, 3.05) is 0 Å². The molecule has 1 aliphatic carbocycles. The van der Waals surface area contributed by atoms with Crippen LogP contribution in [0.2, 0.25) is 0 Å². The molecule has 4 heteroatoms. The molecular weight excluding hydrogens is 202 g/mol. The third kappa shape index (κ3) is 1.31. The van der Waals surface area contributed by atoms with Crippen LogP contribution >= 0.6 is 0 Å². The number of phenolic OH excluding ortho intramolecular Hbond substituents is 1. The van der Waals surface area contributed by atoms with E-state index in [-0.39, 0.29) is 11.8 Å². The van der Waals surface area contributed by atoms with Crippen LogP contribution in [0.1, 0.15) is 23.7 Å². The molecule has 4 nitrogen and oxygen atoms in total. The highest BCUT2D eigenvalue weighted by Gasteiger charge is 2.26. The number of nitrogens with one attached hydrogen (secondary N) is 1. The first kappa shape index (κ1) is 9.42. The summed E-state index contributed by atoms with van der Waals surface area (Å²) in [6.45, 7) is 0. The van der Waals surface area contributed by atoms with Gasteiger partial charge < -0.3 is 10.8 Å². The third-order valence-electron chi connectivity index (χ3n) is 3.08. The number of fused-ring (bicyclic) bond motifs is 1. The molecule has 0 saturated heterocycles. The molecule has 16 heavy (non-hydrogen) atoms.